The number of carbonyl (C=O) groups is 2. The van der Waals surface area contributed by atoms with E-state index in [1.54, 1.807) is 14.2 Å². The number of Topliss-reactive ketones (excluding diaryl/α,β-unsaturated/α-hetero) is 1. The number of nitrogens with zero attached hydrogens (tertiary/aromatic N) is 1. The molecule has 3 rings (SSSR count). The average molecular weight is 663 g/mol. The lowest BCUT2D eigenvalue weighted by molar-refractivity contribution is -0.125. The number of ether oxygens (including phenoxy) is 3. The Labute approximate surface area is 281 Å². The van der Waals surface area contributed by atoms with Crippen LogP contribution in [-0.4, -0.2) is 58.8 Å². The van der Waals surface area contributed by atoms with Gasteiger partial charge in [-0.3, -0.25) is 9.59 Å². The highest BCUT2D eigenvalue weighted by molar-refractivity contribution is 7.26. The molecule has 47 heavy (non-hydrogen) atoms. The summed E-state index contributed by atoms with van der Waals surface area (Å²) < 4.78 is 28.2. The molecule has 3 aromatic carbocycles. The van der Waals surface area contributed by atoms with E-state index < -0.39 is 5.60 Å². The Morgan fingerprint density at radius 2 is 1.30 bits per heavy atom. The second-order valence-corrected chi connectivity index (χ2v) is 11.7. The number of hydrogen-bond donors (Lipinski definition) is 1. The van der Waals surface area contributed by atoms with Crippen LogP contribution in [0.3, 0.4) is 0 Å². The van der Waals surface area contributed by atoms with E-state index in [4.69, 9.17) is 29.8 Å². The molecule has 0 aliphatic heterocycles. The maximum atomic E-state index is 12.4. The highest BCUT2D eigenvalue weighted by atomic mass is 31.1. The molecule has 0 saturated carbocycles. The first-order valence-corrected chi connectivity index (χ1v) is 16.9. The van der Waals surface area contributed by atoms with Crippen LogP contribution in [0.2, 0.25) is 0 Å². The Bertz CT molecular complexity index is 1310. The topological polar surface area (TPSA) is 96.7 Å². The van der Waals surface area contributed by atoms with Gasteiger partial charge < -0.3 is 33.4 Å². The first-order valence-electron chi connectivity index (χ1n) is 16.1. The van der Waals surface area contributed by atoms with Gasteiger partial charge in [0.1, 0.15) is 29.5 Å². The molecule has 0 aliphatic rings. The molecule has 0 bridgehead atoms. The Morgan fingerprint density at radius 1 is 0.702 bits per heavy atom. The highest BCUT2D eigenvalue weighted by Gasteiger charge is 2.37. The lowest BCUT2D eigenvalue weighted by Crippen LogP contribution is -2.33. The number of ketones is 1. The van der Waals surface area contributed by atoms with Crippen LogP contribution in [0.15, 0.2) is 78.9 Å². The first-order chi connectivity index (χ1) is 23.0. The van der Waals surface area contributed by atoms with Gasteiger partial charge >= 0.3 is 0 Å². The number of benzene rings is 3. The predicted octanol–water partition coefficient (Wildman–Crippen LogP) is 7.28. The van der Waals surface area contributed by atoms with E-state index in [-0.39, 0.29) is 33.6 Å². The number of rotatable bonds is 24. The van der Waals surface area contributed by atoms with Crippen molar-refractivity contribution in [3.8, 4) is 11.5 Å². The molecule has 1 amide bonds. The number of unbranched alkanes of at least 4 members (excludes halogenated alkanes) is 3. The fourth-order valence-electron chi connectivity index (χ4n) is 5.11. The van der Waals surface area contributed by atoms with Crippen LogP contribution in [0.4, 0.5) is 0 Å². The van der Waals surface area contributed by atoms with Gasteiger partial charge in [0, 0.05) is 32.4 Å². The Morgan fingerprint density at radius 3 is 1.91 bits per heavy atom. The minimum Gasteiger partial charge on any atom is -0.497 e. The summed E-state index contributed by atoms with van der Waals surface area (Å²) in [4.78, 5) is 27.8. The van der Waals surface area contributed by atoms with E-state index in [0.717, 1.165) is 60.3 Å². The van der Waals surface area contributed by atoms with E-state index in [1.165, 1.54) is 0 Å². The van der Waals surface area contributed by atoms with Gasteiger partial charge in [0.15, 0.2) is 9.03 Å². The quantitative estimate of drug-likeness (QED) is 0.0466. The number of hydrogen-bond acceptors (Lipinski definition) is 7. The SMILES string of the molecule is [C-]#[N+]CCOPOCCCCCC(=O)CCC(=O)NCCCCOC(c1ccccc1)(c1ccc(OC)cc1)c1ccc(OC)cc1. The van der Waals surface area contributed by atoms with Crippen LogP contribution in [0, 0.1) is 6.57 Å². The lowest BCUT2D eigenvalue weighted by atomic mass is 9.80. The maximum Gasteiger partial charge on any atom is 0.238 e. The van der Waals surface area contributed by atoms with Gasteiger partial charge in [-0.1, -0.05) is 61.0 Å². The highest BCUT2D eigenvalue weighted by Crippen LogP contribution is 2.41. The zero-order chi connectivity index (χ0) is 33.6. The molecular weight excluding hydrogens is 615 g/mol. The van der Waals surface area contributed by atoms with Crippen molar-refractivity contribution in [2.75, 3.05) is 47.1 Å². The van der Waals surface area contributed by atoms with Crippen LogP contribution in [-0.2, 0) is 29.0 Å². The summed E-state index contributed by atoms with van der Waals surface area (Å²) in [6.45, 7) is 8.98. The second-order valence-electron chi connectivity index (χ2n) is 10.9. The molecule has 0 aliphatic carbocycles. The Balaban J connectivity index is 1.45. The molecule has 0 fully saturated rings. The molecule has 9 nitrogen and oxygen atoms in total. The number of carbonyl (C=O) groups excluding carboxylic acids is 2. The van der Waals surface area contributed by atoms with Crippen LogP contribution in [0.1, 0.15) is 68.1 Å². The molecule has 0 heterocycles. The summed E-state index contributed by atoms with van der Waals surface area (Å²) in [5.41, 5.74) is 2.07. The van der Waals surface area contributed by atoms with E-state index in [1.807, 2.05) is 66.7 Å². The van der Waals surface area contributed by atoms with Crippen LogP contribution >= 0.6 is 9.03 Å². The maximum absolute atomic E-state index is 12.4. The summed E-state index contributed by atoms with van der Waals surface area (Å²) >= 11 is 0. The van der Waals surface area contributed by atoms with E-state index in [2.05, 4.69) is 22.3 Å². The minimum atomic E-state index is -0.870. The van der Waals surface area contributed by atoms with Crippen molar-refractivity contribution in [3.63, 3.8) is 0 Å². The second kappa shape index (κ2) is 21.9. The van der Waals surface area contributed by atoms with Crippen LogP contribution in [0.5, 0.6) is 11.5 Å². The van der Waals surface area contributed by atoms with Gasteiger partial charge in [-0.2, -0.15) is 0 Å². The van der Waals surface area contributed by atoms with E-state index in [9.17, 15) is 9.59 Å². The molecule has 1 atom stereocenters. The third kappa shape index (κ3) is 12.7. The fraction of sp³-hybridized carbons (Fsp3) is 0.432. The predicted molar refractivity (Wildman–Crippen MR) is 185 cm³/mol. The lowest BCUT2D eigenvalue weighted by Gasteiger charge is -2.36. The third-order valence-corrected chi connectivity index (χ3v) is 8.29. The molecule has 0 spiro atoms. The van der Waals surface area contributed by atoms with Crippen molar-refractivity contribution in [1.82, 2.24) is 5.32 Å². The summed E-state index contributed by atoms with van der Waals surface area (Å²) in [5, 5.41) is 2.95. The molecule has 0 saturated heterocycles. The molecule has 0 radical (unpaired) electrons. The Kier molecular flexibility index (Phi) is 17.5. The first kappa shape index (κ1) is 37.7. The summed E-state index contributed by atoms with van der Waals surface area (Å²) in [7, 11) is 3.25. The van der Waals surface area contributed by atoms with Crippen molar-refractivity contribution < 1.29 is 32.8 Å². The van der Waals surface area contributed by atoms with E-state index >= 15 is 0 Å². The van der Waals surface area contributed by atoms with Gasteiger partial charge in [-0.05, 0) is 66.6 Å². The minimum absolute atomic E-state index is 0.0462. The van der Waals surface area contributed by atoms with Crippen molar-refractivity contribution in [1.29, 1.82) is 0 Å². The largest absolute Gasteiger partial charge is 0.497 e. The van der Waals surface area contributed by atoms with Gasteiger partial charge in [0.05, 0.1) is 20.8 Å². The molecule has 1 N–H and O–H groups in total. The number of nitrogens with one attached hydrogen (secondary N) is 1. The van der Waals surface area contributed by atoms with Gasteiger partial charge in [0.2, 0.25) is 12.5 Å². The zero-order valence-corrected chi connectivity index (χ0v) is 28.5. The summed E-state index contributed by atoms with van der Waals surface area (Å²) in [5.74, 6) is 1.53. The molecule has 252 valence electrons. The van der Waals surface area contributed by atoms with Crippen molar-refractivity contribution >= 4 is 20.7 Å². The summed E-state index contributed by atoms with van der Waals surface area (Å²) in [6.07, 6.45) is 4.92. The Hall–Kier alpha value is -3.80. The fourth-order valence-corrected chi connectivity index (χ4v) is 5.60. The normalized spacial score (nSPS) is 11.3. The molecule has 1 unspecified atom stereocenters. The van der Waals surface area contributed by atoms with Crippen molar-refractivity contribution in [3.05, 3.63) is 107 Å². The van der Waals surface area contributed by atoms with Crippen LogP contribution in [0.25, 0.3) is 4.85 Å². The molecule has 0 aromatic heterocycles. The summed E-state index contributed by atoms with van der Waals surface area (Å²) in [6, 6.07) is 26.0. The van der Waals surface area contributed by atoms with Gasteiger partial charge in [-0.15, -0.1) is 0 Å². The third-order valence-electron chi connectivity index (χ3n) is 7.64. The molecular formula is C37H47N2O7P. The smallest absolute Gasteiger partial charge is 0.238 e. The zero-order valence-electron chi connectivity index (χ0n) is 27.5. The van der Waals surface area contributed by atoms with Crippen molar-refractivity contribution in [2.45, 2.75) is 57.0 Å². The van der Waals surface area contributed by atoms with Crippen molar-refractivity contribution in [2.24, 2.45) is 0 Å². The average Bonchev–Trinajstić information content (AvgIpc) is 3.12. The van der Waals surface area contributed by atoms with Crippen LogP contribution < -0.4 is 14.8 Å². The molecule has 10 heteroatoms. The standard InChI is InChI=1S/C37H47N2O7P/c1-38-26-29-46-47-45-28-10-5-8-14-33(40)19-24-36(41)39-25-9-11-27-44-37(30-12-6-4-7-13-30,31-15-20-34(42-2)21-16-31)32-17-22-35(43-3)23-18-32/h4,6-7,12-13,15-18,20-23,47H,5,8-11,14,19,24-29H2,2-3H3,(H,39,41). The van der Waals surface area contributed by atoms with E-state index in [0.29, 0.717) is 39.3 Å². The van der Waals surface area contributed by atoms with Gasteiger partial charge in [-0.25, -0.2) is 6.57 Å². The van der Waals surface area contributed by atoms with Gasteiger partial charge in [0.25, 0.3) is 0 Å². The number of methoxy groups -OCH3 is 2. The molecule has 3 aromatic rings. The monoisotopic (exact) mass is 662 g/mol. The number of amides is 1.